The lowest BCUT2D eigenvalue weighted by atomic mass is 10.0. The minimum atomic E-state index is -4.22. The van der Waals surface area contributed by atoms with E-state index in [2.05, 4.69) is 5.32 Å². The van der Waals surface area contributed by atoms with Gasteiger partial charge in [-0.1, -0.05) is 36.7 Å². The highest BCUT2D eigenvalue weighted by Gasteiger charge is 2.36. The molecule has 0 bridgehead atoms. The quantitative estimate of drug-likeness (QED) is 0.389. The highest BCUT2D eigenvalue weighted by molar-refractivity contribution is 7.91. The summed E-state index contributed by atoms with van der Waals surface area (Å²) in [7, 11) is -2.71. The molecule has 0 aliphatic rings. The molecule has 0 aromatic heterocycles. The number of para-hydroxylation sites is 1. The number of nitrogens with one attached hydrogen (secondary N) is 1. The van der Waals surface area contributed by atoms with Gasteiger partial charge in [-0.2, -0.15) is 0 Å². The monoisotopic (exact) mass is 523 g/mol. The first-order valence-corrected chi connectivity index (χ1v) is 12.5. The summed E-state index contributed by atoms with van der Waals surface area (Å²) in [4.78, 5) is 12.2. The third kappa shape index (κ3) is 6.49. The first-order valence-electron chi connectivity index (χ1n) is 10.6. The number of alkyl carbamates (subject to hydrolysis) is 1. The first kappa shape index (κ1) is 26.4. The van der Waals surface area contributed by atoms with Crippen LogP contribution >= 0.6 is 11.6 Å². The largest absolute Gasteiger partial charge is 0.496 e. The number of amides is 1. The van der Waals surface area contributed by atoms with Gasteiger partial charge >= 0.3 is 6.09 Å². The Labute approximate surface area is 207 Å². The molecule has 0 saturated heterocycles. The topological polar surface area (TPSA) is 81.7 Å². The second-order valence-electron chi connectivity index (χ2n) is 7.83. The van der Waals surface area contributed by atoms with E-state index in [0.717, 1.165) is 18.2 Å². The van der Waals surface area contributed by atoms with Gasteiger partial charge < -0.3 is 14.8 Å². The van der Waals surface area contributed by atoms with Crippen LogP contribution in [0.3, 0.4) is 0 Å². The van der Waals surface area contributed by atoms with E-state index in [1.165, 1.54) is 38.3 Å². The summed E-state index contributed by atoms with van der Waals surface area (Å²) in [6.45, 7) is 1.23. The summed E-state index contributed by atoms with van der Waals surface area (Å²) in [5.41, 5.74) is 0.357. The van der Waals surface area contributed by atoms with E-state index < -0.39 is 38.7 Å². The van der Waals surface area contributed by atoms with Crippen molar-refractivity contribution in [3.05, 3.63) is 94.5 Å². The van der Waals surface area contributed by atoms with Crippen LogP contribution in [0.15, 0.2) is 71.6 Å². The van der Waals surface area contributed by atoms with E-state index in [0.29, 0.717) is 16.3 Å². The van der Waals surface area contributed by atoms with Crippen molar-refractivity contribution in [2.45, 2.75) is 23.6 Å². The van der Waals surface area contributed by atoms with Gasteiger partial charge in [0, 0.05) is 28.6 Å². The van der Waals surface area contributed by atoms with Crippen molar-refractivity contribution in [3.8, 4) is 5.75 Å². The van der Waals surface area contributed by atoms with Gasteiger partial charge in [-0.25, -0.2) is 22.0 Å². The number of ether oxygens (including phenoxy) is 2. The second kappa shape index (κ2) is 11.5. The number of benzene rings is 3. The van der Waals surface area contributed by atoms with E-state index in [9.17, 15) is 22.0 Å². The minimum Gasteiger partial charge on any atom is -0.496 e. The van der Waals surface area contributed by atoms with Gasteiger partial charge in [0.2, 0.25) is 0 Å². The molecule has 3 aromatic rings. The molecule has 2 atom stereocenters. The minimum absolute atomic E-state index is 0.113. The zero-order valence-corrected chi connectivity index (χ0v) is 20.6. The number of hydrogen-bond acceptors (Lipinski definition) is 5. The molecule has 0 saturated carbocycles. The zero-order chi connectivity index (χ0) is 25.6. The molecule has 1 N–H and O–H groups in total. The molecule has 6 nitrogen and oxygen atoms in total. The molecule has 10 heteroatoms. The Bertz CT molecular complexity index is 1290. The van der Waals surface area contributed by atoms with E-state index in [1.807, 2.05) is 0 Å². The Hall–Kier alpha value is -3.17. The van der Waals surface area contributed by atoms with Gasteiger partial charge in [0.25, 0.3) is 0 Å². The Morgan fingerprint density at radius 2 is 1.74 bits per heavy atom. The van der Waals surface area contributed by atoms with Crippen molar-refractivity contribution in [1.29, 1.82) is 0 Å². The van der Waals surface area contributed by atoms with Crippen LogP contribution in [0, 0.1) is 17.6 Å². The number of halogens is 3. The highest BCUT2D eigenvalue weighted by atomic mass is 35.5. The average molecular weight is 524 g/mol. The number of hydrogen-bond donors (Lipinski definition) is 1. The summed E-state index contributed by atoms with van der Waals surface area (Å²) < 4.78 is 66.1. The predicted molar refractivity (Wildman–Crippen MR) is 128 cm³/mol. The number of carbonyl (C=O) groups excluding carboxylic acids is 1. The zero-order valence-electron chi connectivity index (χ0n) is 19.0. The number of sulfone groups is 1. The van der Waals surface area contributed by atoms with Gasteiger partial charge in [-0.05, 0) is 48.5 Å². The maximum atomic E-state index is 14.7. The van der Waals surface area contributed by atoms with Crippen molar-refractivity contribution in [2.24, 2.45) is 5.92 Å². The van der Waals surface area contributed by atoms with E-state index in [-0.39, 0.29) is 23.6 Å². The van der Waals surface area contributed by atoms with Crippen LogP contribution < -0.4 is 10.1 Å². The van der Waals surface area contributed by atoms with Crippen LogP contribution in [0.5, 0.6) is 5.75 Å². The molecule has 0 spiro atoms. The SMILES string of the molecule is COc1ccccc1CNC(=O)OC[C@@H](C)[C@@H](c1cc(F)ccc1F)S(=O)(=O)c1ccc(Cl)cc1. The third-order valence-electron chi connectivity index (χ3n) is 5.35. The molecule has 186 valence electrons. The summed E-state index contributed by atoms with van der Waals surface area (Å²) in [6.07, 6.45) is -0.801. The van der Waals surface area contributed by atoms with Crippen LogP contribution in [-0.2, 0) is 21.1 Å². The summed E-state index contributed by atoms with van der Waals surface area (Å²) in [5.74, 6) is -2.03. The van der Waals surface area contributed by atoms with Gasteiger partial charge in [-0.15, -0.1) is 0 Å². The number of carbonyl (C=O) groups is 1. The molecule has 35 heavy (non-hydrogen) atoms. The summed E-state index contributed by atoms with van der Waals surface area (Å²) in [6, 6.07) is 15.0. The van der Waals surface area contributed by atoms with Crippen molar-refractivity contribution in [2.75, 3.05) is 13.7 Å². The Balaban J connectivity index is 1.80. The lowest BCUT2D eigenvalue weighted by Gasteiger charge is -2.25. The number of methoxy groups -OCH3 is 1. The van der Waals surface area contributed by atoms with E-state index >= 15 is 0 Å². The standard InChI is InChI=1S/C25H24ClF2NO5S/c1-16(15-34-25(30)29-14-17-5-3-4-6-23(17)33-2)24(21-13-19(27)9-12-22(21)28)35(31,32)20-10-7-18(26)8-11-20/h3-13,16,24H,14-15H2,1-2H3,(H,29,30)/t16-,24+/m1/s1. The van der Waals surface area contributed by atoms with Crippen molar-refractivity contribution < 1.29 is 31.5 Å². The van der Waals surface area contributed by atoms with Crippen LogP contribution in [0.4, 0.5) is 13.6 Å². The maximum absolute atomic E-state index is 14.7. The molecular weight excluding hydrogens is 500 g/mol. The third-order valence-corrected chi connectivity index (χ3v) is 7.92. The first-order chi connectivity index (χ1) is 16.6. The summed E-state index contributed by atoms with van der Waals surface area (Å²) in [5, 5.41) is 1.36. The lowest BCUT2D eigenvalue weighted by Crippen LogP contribution is -2.30. The summed E-state index contributed by atoms with van der Waals surface area (Å²) >= 11 is 5.87. The molecule has 0 aliphatic carbocycles. The molecule has 0 heterocycles. The van der Waals surface area contributed by atoms with Crippen molar-refractivity contribution in [3.63, 3.8) is 0 Å². The maximum Gasteiger partial charge on any atom is 0.407 e. The molecular formula is C25H24ClF2NO5S. The Kier molecular flexibility index (Phi) is 8.69. The fourth-order valence-corrected chi connectivity index (χ4v) is 5.78. The van der Waals surface area contributed by atoms with Gasteiger partial charge in [0.05, 0.1) is 23.9 Å². The molecule has 1 amide bonds. The van der Waals surface area contributed by atoms with E-state index in [1.54, 1.807) is 24.3 Å². The van der Waals surface area contributed by atoms with Gasteiger partial charge in [-0.3, -0.25) is 0 Å². The van der Waals surface area contributed by atoms with Crippen LogP contribution in [0.2, 0.25) is 5.02 Å². The molecule has 0 fully saturated rings. The second-order valence-corrected chi connectivity index (χ2v) is 10.3. The number of rotatable bonds is 9. The molecule has 0 aliphatic heterocycles. The van der Waals surface area contributed by atoms with Crippen LogP contribution in [-0.4, -0.2) is 28.2 Å². The molecule has 3 rings (SSSR count). The lowest BCUT2D eigenvalue weighted by molar-refractivity contribution is 0.128. The van der Waals surface area contributed by atoms with Crippen LogP contribution in [0.1, 0.15) is 23.3 Å². The normalized spacial score (nSPS) is 13.1. The molecule has 0 radical (unpaired) electrons. The fraction of sp³-hybridized carbons (Fsp3) is 0.240. The Morgan fingerprint density at radius 3 is 2.43 bits per heavy atom. The molecule has 3 aromatic carbocycles. The van der Waals surface area contributed by atoms with Crippen molar-refractivity contribution in [1.82, 2.24) is 5.32 Å². The van der Waals surface area contributed by atoms with Gasteiger partial charge in [0.15, 0.2) is 9.84 Å². The predicted octanol–water partition coefficient (Wildman–Crippen LogP) is 5.70. The fourth-order valence-electron chi connectivity index (χ4n) is 3.65. The van der Waals surface area contributed by atoms with Gasteiger partial charge in [0.1, 0.15) is 17.4 Å². The van der Waals surface area contributed by atoms with E-state index in [4.69, 9.17) is 21.1 Å². The Morgan fingerprint density at radius 1 is 1.06 bits per heavy atom. The highest BCUT2D eigenvalue weighted by Crippen LogP contribution is 2.37. The van der Waals surface area contributed by atoms with Crippen molar-refractivity contribution >= 4 is 27.5 Å². The smallest absolute Gasteiger partial charge is 0.407 e. The average Bonchev–Trinajstić information content (AvgIpc) is 2.84. The van der Waals surface area contributed by atoms with Crippen LogP contribution in [0.25, 0.3) is 0 Å². The molecule has 0 unspecified atom stereocenters.